The van der Waals surface area contributed by atoms with Gasteiger partial charge in [-0.3, -0.25) is 9.38 Å². The lowest BCUT2D eigenvalue weighted by atomic mass is 10.0. The minimum Gasteiger partial charge on any atom is -0.296 e. The van der Waals surface area contributed by atoms with Gasteiger partial charge < -0.3 is 0 Å². The molecule has 3 heteroatoms. The third kappa shape index (κ3) is 2.40. The van der Waals surface area contributed by atoms with Gasteiger partial charge in [0.2, 0.25) is 0 Å². The summed E-state index contributed by atoms with van der Waals surface area (Å²) in [4.78, 5) is 9.01. The molecule has 112 valence electrons. The molecule has 4 rings (SSSR count). The van der Waals surface area contributed by atoms with Gasteiger partial charge >= 0.3 is 0 Å². The summed E-state index contributed by atoms with van der Waals surface area (Å²) < 4.78 is 2.10. The van der Waals surface area contributed by atoms with E-state index in [0.717, 1.165) is 28.2 Å². The summed E-state index contributed by atoms with van der Waals surface area (Å²) in [5, 5.41) is 0. The third-order valence-corrected chi connectivity index (χ3v) is 4.08. The molecule has 3 nitrogen and oxygen atoms in total. The van der Waals surface area contributed by atoms with Gasteiger partial charge in [-0.15, -0.1) is 0 Å². The highest BCUT2D eigenvalue weighted by molar-refractivity contribution is 5.81. The van der Waals surface area contributed by atoms with Crippen molar-refractivity contribution in [2.24, 2.45) is 0 Å². The van der Waals surface area contributed by atoms with E-state index in [2.05, 4.69) is 71.8 Å². The van der Waals surface area contributed by atoms with Crippen molar-refractivity contribution in [1.29, 1.82) is 0 Å². The maximum absolute atomic E-state index is 4.81. The summed E-state index contributed by atoms with van der Waals surface area (Å²) in [5.74, 6) is 0. The molecule has 0 unspecified atom stereocenters. The van der Waals surface area contributed by atoms with Crippen LogP contribution in [0.25, 0.3) is 28.2 Å². The molecule has 4 aromatic rings. The molecule has 0 aliphatic rings. The summed E-state index contributed by atoms with van der Waals surface area (Å²) in [6.45, 7) is 4.20. The Morgan fingerprint density at radius 2 is 1.39 bits per heavy atom. The molecule has 0 radical (unpaired) electrons. The van der Waals surface area contributed by atoms with Crippen LogP contribution in [0.1, 0.15) is 11.1 Å². The molecule has 0 spiro atoms. The van der Waals surface area contributed by atoms with Crippen LogP contribution in [0.4, 0.5) is 0 Å². The average molecular weight is 299 g/mol. The number of benzene rings is 2. The first-order valence-electron chi connectivity index (χ1n) is 7.68. The smallest absolute Gasteiger partial charge is 0.156 e. The molecule has 0 saturated carbocycles. The lowest BCUT2D eigenvalue weighted by molar-refractivity contribution is 1.13. The van der Waals surface area contributed by atoms with Crippen molar-refractivity contribution in [3.05, 3.63) is 78.2 Å². The van der Waals surface area contributed by atoms with Crippen LogP contribution in [0.5, 0.6) is 0 Å². The Morgan fingerprint density at radius 3 is 2.04 bits per heavy atom. The minimum atomic E-state index is 0.860. The molecular weight excluding hydrogens is 282 g/mol. The van der Waals surface area contributed by atoms with Crippen LogP contribution in [0.15, 0.2) is 67.1 Å². The van der Waals surface area contributed by atoms with Gasteiger partial charge in [-0.1, -0.05) is 59.7 Å². The molecule has 0 amide bonds. The number of hydrogen-bond acceptors (Lipinski definition) is 2. The van der Waals surface area contributed by atoms with Crippen molar-refractivity contribution in [3.63, 3.8) is 0 Å². The van der Waals surface area contributed by atoms with Crippen LogP contribution in [-0.4, -0.2) is 14.4 Å². The largest absolute Gasteiger partial charge is 0.296 e. The molecule has 0 saturated heterocycles. The van der Waals surface area contributed by atoms with E-state index in [-0.39, 0.29) is 0 Å². The van der Waals surface area contributed by atoms with E-state index in [1.807, 2.05) is 6.20 Å². The van der Waals surface area contributed by atoms with Crippen molar-refractivity contribution < 1.29 is 0 Å². The van der Waals surface area contributed by atoms with Gasteiger partial charge in [-0.05, 0) is 13.8 Å². The van der Waals surface area contributed by atoms with Gasteiger partial charge in [0.05, 0.1) is 17.6 Å². The summed E-state index contributed by atoms with van der Waals surface area (Å²) in [6, 6.07) is 17.1. The molecule has 2 aromatic carbocycles. The summed E-state index contributed by atoms with van der Waals surface area (Å²) >= 11 is 0. The van der Waals surface area contributed by atoms with Crippen LogP contribution in [0.2, 0.25) is 0 Å². The van der Waals surface area contributed by atoms with Crippen LogP contribution < -0.4 is 0 Å². The van der Waals surface area contributed by atoms with Gasteiger partial charge in [-0.2, -0.15) is 0 Å². The van der Waals surface area contributed by atoms with Crippen LogP contribution in [-0.2, 0) is 0 Å². The highest BCUT2D eigenvalue weighted by Gasteiger charge is 2.15. The predicted octanol–water partition coefficient (Wildman–Crippen LogP) is 4.68. The highest BCUT2D eigenvalue weighted by atomic mass is 15.0. The molecule has 0 N–H and O–H groups in total. The van der Waals surface area contributed by atoms with Crippen molar-refractivity contribution in [1.82, 2.24) is 14.4 Å². The maximum atomic E-state index is 4.81. The Bertz CT molecular complexity index is 964. The fourth-order valence-electron chi connectivity index (χ4n) is 2.81. The van der Waals surface area contributed by atoms with E-state index in [4.69, 9.17) is 4.98 Å². The van der Waals surface area contributed by atoms with Crippen LogP contribution in [0, 0.1) is 13.8 Å². The molecule has 0 aliphatic heterocycles. The first-order valence-corrected chi connectivity index (χ1v) is 7.68. The van der Waals surface area contributed by atoms with E-state index in [1.54, 1.807) is 12.4 Å². The zero-order valence-corrected chi connectivity index (χ0v) is 13.2. The standard InChI is InChI=1S/C20H17N3/c1-14-3-7-16(8-4-14)19-20(17-9-5-15(2)6-10-17)23-12-11-21-13-18(23)22-19/h3-13H,1-2H3. The number of aromatic nitrogens is 3. The first-order chi connectivity index (χ1) is 11.2. The lowest BCUT2D eigenvalue weighted by Crippen LogP contribution is -1.90. The molecule has 0 atom stereocenters. The Labute approximate surface area is 135 Å². The van der Waals surface area contributed by atoms with Gasteiger partial charge in [0, 0.05) is 23.5 Å². The van der Waals surface area contributed by atoms with E-state index >= 15 is 0 Å². The number of imidazole rings is 1. The average Bonchev–Trinajstić information content (AvgIpc) is 2.96. The first kappa shape index (κ1) is 13.7. The molecule has 0 bridgehead atoms. The zero-order valence-electron chi connectivity index (χ0n) is 13.2. The van der Waals surface area contributed by atoms with Crippen molar-refractivity contribution in [2.45, 2.75) is 13.8 Å². The third-order valence-electron chi connectivity index (χ3n) is 4.08. The van der Waals surface area contributed by atoms with Crippen molar-refractivity contribution in [3.8, 4) is 22.5 Å². The highest BCUT2D eigenvalue weighted by Crippen LogP contribution is 2.32. The quantitative estimate of drug-likeness (QED) is 0.538. The van der Waals surface area contributed by atoms with Crippen LogP contribution in [0.3, 0.4) is 0 Å². The Hall–Kier alpha value is -2.94. The second kappa shape index (κ2) is 5.36. The Balaban J connectivity index is 2.01. The SMILES string of the molecule is Cc1ccc(-c2nc3cnccn3c2-c2ccc(C)cc2)cc1. The second-order valence-corrected chi connectivity index (χ2v) is 5.85. The van der Waals surface area contributed by atoms with Crippen molar-refractivity contribution in [2.75, 3.05) is 0 Å². The number of nitrogens with zero attached hydrogens (tertiary/aromatic N) is 3. The van der Waals surface area contributed by atoms with E-state index in [9.17, 15) is 0 Å². The van der Waals surface area contributed by atoms with E-state index < -0.39 is 0 Å². The number of fused-ring (bicyclic) bond motifs is 1. The number of aryl methyl sites for hydroxylation is 2. The van der Waals surface area contributed by atoms with Gasteiger partial charge in [0.25, 0.3) is 0 Å². The van der Waals surface area contributed by atoms with Crippen molar-refractivity contribution >= 4 is 5.65 Å². The molecule has 2 heterocycles. The molecular formula is C20H17N3. The monoisotopic (exact) mass is 299 g/mol. The minimum absolute atomic E-state index is 0.860. The molecule has 0 aliphatic carbocycles. The normalized spacial score (nSPS) is 11.0. The van der Waals surface area contributed by atoms with E-state index in [0.29, 0.717) is 0 Å². The van der Waals surface area contributed by atoms with Gasteiger partial charge in [-0.25, -0.2) is 4.98 Å². The maximum Gasteiger partial charge on any atom is 0.156 e. The Kier molecular flexibility index (Phi) is 3.19. The molecule has 0 fully saturated rings. The van der Waals surface area contributed by atoms with Crippen LogP contribution >= 0.6 is 0 Å². The summed E-state index contributed by atoms with van der Waals surface area (Å²) in [5.41, 5.74) is 7.73. The topological polar surface area (TPSA) is 30.2 Å². The lowest BCUT2D eigenvalue weighted by Gasteiger charge is -2.06. The molecule has 2 aromatic heterocycles. The fourth-order valence-corrected chi connectivity index (χ4v) is 2.81. The van der Waals surface area contributed by atoms with Gasteiger partial charge in [0.1, 0.15) is 0 Å². The molecule has 23 heavy (non-hydrogen) atoms. The fraction of sp³-hybridized carbons (Fsp3) is 0.100. The second-order valence-electron chi connectivity index (χ2n) is 5.85. The predicted molar refractivity (Wildman–Crippen MR) is 93.3 cm³/mol. The zero-order chi connectivity index (χ0) is 15.8. The van der Waals surface area contributed by atoms with E-state index in [1.165, 1.54) is 11.1 Å². The van der Waals surface area contributed by atoms with Gasteiger partial charge in [0.15, 0.2) is 5.65 Å². The summed E-state index contributed by atoms with van der Waals surface area (Å²) in [6.07, 6.45) is 5.57. The Morgan fingerprint density at radius 1 is 0.783 bits per heavy atom. The number of hydrogen-bond donors (Lipinski definition) is 0. The summed E-state index contributed by atoms with van der Waals surface area (Å²) in [7, 11) is 0. The number of rotatable bonds is 2.